The summed E-state index contributed by atoms with van der Waals surface area (Å²) >= 11 is 0. The Hall–Kier alpha value is -5.58. The number of phenolic OH excluding ortho intramolecular Hbond substituents is 1. The third kappa shape index (κ3) is 4.18. The molecule has 1 saturated carbocycles. The molecular formula is C35H28N2O9. The molecule has 11 heteroatoms. The molecule has 2 heterocycles. The van der Waals surface area contributed by atoms with Crippen LogP contribution in [0, 0.1) is 36.5 Å². The maximum absolute atomic E-state index is 14.2. The average Bonchev–Trinajstić information content (AvgIpc) is 3.45. The van der Waals surface area contributed by atoms with Crippen molar-refractivity contribution in [2.75, 3.05) is 9.80 Å². The monoisotopic (exact) mass is 620 g/mol. The van der Waals surface area contributed by atoms with Gasteiger partial charge in [-0.25, -0.2) is 9.59 Å². The van der Waals surface area contributed by atoms with Crippen molar-refractivity contribution in [1.82, 2.24) is 0 Å². The van der Waals surface area contributed by atoms with E-state index in [1.807, 2.05) is 6.08 Å². The summed E-state index contributed by atoms with van der Waals surface area (Å²) in [4.78, 5) is 81.6. The van der Waals surface area contributed by atoms with Crippen LogP contribution in [-0.4, -0.2) is 50.9 Å². The fourth-order valence-electron chi connectivity index (χ4n) is 7.93. The van der Waals surface area contributed by atoms with E-state index in [2.05, 4.69) is 0 Å². The number of para-hydroxylation sites is 1. The SMILES string of the molecule is Cc1cccc([C@H]2C3=CC[C@@H]4C(=O)N(c5cccc(C(=O)O)c5)C(=O)[C@@H]4[C@@H]3C[C@H]3C(=O)N(c4cccc(C(=O)O)c4)C(=O)[C@@H]23)c1O. The molecule has 7 rings (SSSR count). The highest BCUT2D eigenvalue weighted by atomic mass is 16.4. The molecule has 232 valence electrons. The van der Waals surface area contributed by atoms with Crippen LogP contribution in [0.5, 0.6) is 5.75 Å². The second-order valence-electron chi connectivity index (χ2n) is 12.3. The molecule has 2 aliphatic carbocycles. The lowest BCUT2D eigenvalue weighted by molar-refractivity contribution is -0.126. The zero-order chi connectivity index (χ0) is 32.6. The standard InChI is InChI=1S/C35H28N2O9/c1-16-5-2-10-22(29(16)38)26-21-11-12-23-27(32(41)36(30(23)39)19-8-3-6-17(13-19)34(43)44)24(21)15-25-28(26)33(42)37(31(25)40)20-9-4-7-18(14-20)35(45)46/h2-11,13-14,23-28,38H,12,15H2,1H3,(H,43,44)(H,45,46)/t23-,24+,25+,26+,27-,28+/m0/s1. The van der Waals surface area contributed by atoms with Gasteiger partial charge in [0.15, 0.2) is 0 Å². The molecule has 6 atom stereocenters. The molecule has 3 N–H and O–H groups in total. The number of hydrogen-bond acceptors (Lipinski definition) is 7. The first-order chi connectivity index (χ1) is 22.0. The van der Waals surface area contributed by atoms with Gasteiger partial charge in [0.05, 0.1) is 46.2 Å². The van der Waals surface area contributed by atoms with Gasteiger partial charge in [0.25, 0.3) is 0 Å². The molecule has 0 radical (unpaired) electrons. The van der Waals surface area contributed by atoms with E-state index in [4.69, 9.17) is 0 Å². The van der Waals surface area contributed by atoms with Gasteiger partial charge >= 0.3 is 11.9 Å². The van der Waals surface area contributed by atoms with E-state index in [0.717, 1.165) is 9.80 Å². The fraction of sp³-hybridized carbons (Fsp3) is 0.257. The summed E-state index contributed by atoms with van der Waals surface area (Å²) in [5.74, 6) is -9.42. The Kier molecular flexibility index (Phi) is 6.66. The van der Waals surface area contributed by atoms with Crippen molar-refractivity contribution in [3.8, 4) is 5.75 Å². The molecule has 3 aromatic rings. The number of carboxylic acid groups (broad SMARTS) is 2. The molecule has 2 saturated heterocycles. The number of carbonyl (C=O) groups is 6. The van der Waals surface area contributed by atoms with Crippen LogP contribution < -0.4 is 9.80 Å². The van der Waals surface area contributed by atoms with Crippen molar-refractivity contribution in [3.63, 3.8) is 0 Å². The molecule has 2 aliphatic heterocycles. The van der Waals surface area contributed by atoms with E-state index >= 15 is 0 Å². The largest absolute Gasteiger partial charge is 0.507 e. The molecule has 4 aliphatic rings. The van der Waals surface area contributed by atoms with Crippen LogP contribution in [0.3, 0.4) is 0 Å². The van der Waals surface area contributed by atoms with Crippen LogP contribution in [0.15, 0.2) is 78.4 Å². The Balaban J connectivity index is 1.34. The molecule has 0 spiro atoms. The second kappa shape index (κ2) is 10.5. The number of aryl methyl sites for hydroxylation is 1. The smallest absolute Gasteiger partial charge is 0.335 e. The Morgan fingerprint density at radius 3 is 1.83 bits per heavy atom. The van der Waals surface area contributed by atoms with Crippen molar-refractivity contribution in [1.29, 1.82) is 0 Å². The summed E-state index contributed by atoms with van der Waals surface area (Å²) in [5, 5.41) is 30.3. The number of rotatable bonds is 5. The lowest BCUT2D eigenvalue weighted by atomic mass is 9.57. The maximum atomic E-state index is 14.2. The summed E-state index contributed by atoms with van der Waals surface area (Å²) in [6.07, 6.45) is 2.12. The van der Waals surface area contributed by atoms with Gasteiger partial charge in [-0.2, -0.15) is 0 Å². The minimum atomic E-state index is -1.22. The number of hydrogen-bond donors (Lipinski definition) is 3. The summed E-state index contributed by atoms with van der Waals surface area (Å²) in [5.41, 5.74) is 1.76. The Morgan fingerprint density at radius 2 is 1.24 bits per heavy atom. The van der Waals surface area contributed by atoms with Gasteiger partial charge in [0.2, 0.25) is 23.6 Å². The third-order valence-corrected chi connectivity index (χ3v) is 9.96. The number of aromatic carboxylic acids is 2. The molecule has 3 aromatic carbocycles. The van der Waals surface area contributed by atoms with Gasteiger partial charge in [-0.05, 0) is 67.6 Å². The highest BCUT2D eigenvalue weighted by Crippen LogP contribution is 2.59. The first kappa shape index (κ1) is 29.1. The minimum Gasteiger partial charge on any atom is -0.507 e. The summed E-state index contributed by atoms with van der Waals surface area (Å²) in [6, 6.07) is 16.3. The zero-order valence-electron chi connectivity index (χ0n) is 24.5. The highest BCUT2D eigenvalue weighted by molar-refractivity contribution is 6.24. The minimum absolute atomic E-state index is 0.0394. The number of nitrogens with zero attached hydrogens (tertiary/aromatic N) is 2. The Morgan fingerprint density at radius 1 is 0.696 bits per heavy atom. The molecule has 0 aromatic heterocycles. The van der Waals surface area contributed by atoms with Gasteiger partial charge in [-0.3, -0.25) is 29.0 Å². The molecule has 3 fully saturated rings. The molecular weight excluding hydrogens is 592 g/mol. The van der Waals surface area contributed by atoms with Crippen LogP contribution in [0.2, 0.25) is 0 Å². The topological polar surface area (TPSA) is 170 Å². The molecule has 46 heavy (non-hydrogen) atoms. The number of aromatic hydroxyl groups is 1. The molecule has 11 nitrogen and oxygen atoms in total. The van der Waals surface area contributed by atoms with E-state index in [1.165, 1.54) is 48.5 Å². The number of imide groups is 2. The number of fused-ring (bicyclic) bond motifs is 4. The number of carboxylic acids is 2. The summed E-state index contributed by atoms with van der Waals surface area (Å²) in [6.45, 7) is 1.72. The van der Waals surface area contributed by atoms with Crippen molar-refractivity contribution in [2.45, 2.75) is 25.7 Å². The summed E-state index contributed by atoms with van der Waals surface area (Å²) < 4.78 is 0. The average molecular weight is 621 g/mol. The Bertz CT molecular complexity index is 1930. The number of amides is 4. The van der Waals surface area contributed by atoms with Crippen molar-refractivity contribution >= 4 is 46.9 Å². The van der Waals surface area contributed by atoms with Gasteiger partial charge in [-0.1, -0.05) is 42.0 Å². The van der Waals surface area contributed by atoms with E-state index in [1.54, 1.807) is 25.1 Å². The number of benzene rings is 3. The van der Waals surface area contributed by atoms with E-state index < -0.39 is 71.1 Å². The quantitative estimate of drug-likeness (QED) is 0.280. The van der Waals surface area contributed by atoms with Crippen LogP contribution in [0.1, 0.15) is 50.6 Å². The number of anilines is 2. The fourth-order valence-corrected chi connectivity index (χ4v) is 7.93. The predicted molar refractivity (Wildman–Crippen MR) is 162 cm³/mol. The zero-order valence-corrected chi connectivity index (χ0v) is 24.5. The lowest BCUT2D eigenvalue weighted by Gasteiger charge is -2.44. The van der Waals surface area contributed by atoms with Crippen LogP contribution in [0.25, 0.3) is 0 Å². The predicted octanol–water partition coefficient (Wildman–Crippen LogP) is 4.14. The molecule has 0 unspecified atom stereocenters. The van der Waals surface area contributed by atoms with Gasteiger partial charge in [-0.15, -0.1) is 0 Å². The van der Waals surface area contributed by atoms with Crippen molar-refractivity contribution in [2.24, 2.45) is 29.6 Å². The first-order valence-corrected chi connectivity index (χ1v) is 14.9. The molecule has 4 amide bonds. The van der Waals surface area contributed by atoms with Gasteiger partial charge in [0, 0.05) is 11.5 Å². The highest BCUT2D eigenvalue weighted by Gasteiger charge is 2.62. The maximum Gasteiger partial charge on any atom is 0.335 e. The van der Waals surface area contributed by atoms with Crippen LogP contribution >= 0.6 is 0 Å². The number of phenols is 1. The number of allylic oxidation sites excluding steroid dienone is 2. The van der Waals surface area contributed by atoms with Crippen molar-refractivity contribution in [3.05, 3.63) is 101 Å². The summed E-state index contributed by atoms with van der Waals surface area (Å²) in [7, 11) is 0. The van der Waals surface area contributed by atoms with E-state index in [9.17, 15) is 44.1 Å². The van der Waals surface area contributed by atoms with Crippen LogP contribution in [0.4, 0.5) is 11.4 Å². The second-order valence-corrected chi connectivity index (χ2v) is 12.3. The number of carbonyl (C=O) groups excluding carboxylic acids is 4. The van der Waals surface area contributed by atoms with E-state index in [0.29, 0.717) is 16.7 Å². The van der Waals surface area contributed by atoms with E-state index in [-0.39, 0.29) is 41.1 Å². The normalized spacial score (nSPS) is 26.8. The van der Waals surface area contributed by atoms with Gasteiger partial charge < -0.3 is 15.3 Å². The molecule has 0 bridgehead atoms. The Labute approximate surface area is 262 Å². The van der Waals surface area contributed by atoms with Gasteiger partial charge in [0.1, 0.15) is 5.75 Å². The van der Waals surface area contributed by atoms with Crippen molar-refractivity contribution < 1.29 is 44.1 Å². The first-order valence-electron chi connectivity index (χ1n) is 14.9. The lowest BCUT2D eigenvalue weighted by Crippen LogP contribution is -2.43. The van der Waals surface area contributed by atoms with Crippen LogP contribution in [-0.2, 0) is 19.2 Å². The third-order valence-electron chi connectivity index (χ3n) is 9.96.